The fourth-order valence-corrected chi connectivity index (χ4v) is 3.35. The lowest BCUT2D eigenvalue weighted by Gasteiger charge is -2.14. The molecule has 0 aliphatic heterocycles. The van der Waals surface area contributed by atoms with Crippen molar-refractivity contribution < 1.29 is 13.2 Å². The summed E-state index contributed by atoms with van der Waals surface area (Å²) in [6, 6.07) is 12.7. The van der Waals surface area contributed by atoms with Gasteiger partial charge in [-0.25, -0.2) is 13.1 Å². The molecule has 1 N–H and O–H groups in total. The van der Waals surface area contributed by atoms with Crippen molar-refractivity contribution in [2.24, 2.45) is 0 Å². The van der Waals surface area contributed by atoms with E-state index in [2.05, 4.69) is 4.72 Å². The van der Waals surface area contributed by atoms with Crippen LogP contribution in [0.5, 0.6) is 5.75 Å². The first kappa shape index (κ1) is 17.5. The van der Waals surface area contributed by atoms with Gasteiger partial charge in [0.05, 0.1) is 12.0 Å². The van der Waals surface area contributed by atoms with Crippen molar-refractivity contribution >= 4 is 10.0 Å². The molecule has 5 heteroatoms. The van der Waals surface area contributed by atoms with Crippen LogP contribution in [0.2, 0.25) is 0 Å². The normalized spacial score (nSPS) is 11.7. The number of benzene rings is 2. The molecule has 0 heterocycles. The lowest BCUT2D eigenvalue weighted by Crippen LogP contribution is -2.23. The van der Waals surface area contributed by atoms with Crippen LogP contribution in [0, 0.1) is 6.92 Å². The molecule has 0 aliphatic carbocycles. The summed E-state index contributed by atoms with van der Waals surface area (Å²) >= 11 is 0. The smallest absolute Gasteiger partial charge is 0.240 e. The predicted molar refractivity (Wildman–Crippen MR) is 92.3 cm³/mol. The fraction of sp³-hybridized carbons (Fsp3) is 0.333. The minimum Gasteiger partial charge on any atom is -0.496 e. The van der Waals surface area contributed by atoms with Crippen LogP contribution in [0.1, 0.15) is 36.5 Å². The minimum absolute atomic E-state index is 0.178. The Morgan fingerprint density at radius 3 is 2.30 bits per heavy atom. The van der Waals surface area contributed by atoms with Gasteiger partial charge in [0.15, 0.2) is 0 Å². The van der Waals surface area contributed by atoms with E-state index in [-0.39, 0.29) is 17.4 Å². The Morgan fingerprint density at radius 2 is 1.74 bits per heavy atom. The van der Waals surface area contributed by atoms with Crippen LogP contribution >= 0.6 is 0 Å². The van der Waals surface area contributed by atoms with E-state index >= 15 is 0 Å². The molecular weight excluding hydrogens is 310 g/mol. The summed E-state index contributed by atoms with van der Waals surface area (Å²) in [5.41, 5.74) is 2.95. The Bertz CT molecular complexity index is 765. The van der Waals surface area contributed by atoms with Crippen LogP contribution in [0.25, 0.3) is 0 Å². The summed E-state index contributed by atoms with van der Waals surface area (Å²) in [4.78, 5) is 0.258. The number of nitrogens with one attached hydrogen (secondary N) is 1. The highest BCUT2D eigenvalue weighted by atomic mass is 32.2. The summed E-state index contributed by atoms with van der Waals surface area (Å²) in [5, 5.41) is 0. The molecule has 0 atom stereocenters. The second kappa shape index (κ2) is 7.15. The second-order valence-corrected chi connectivity index (χ2v) is 7.64. The lowest BCUT2D eigenvalue weighted by atomic mass is 10.0. The molecule has 0 spiro atoms. The SMILES string of the molecule is COc1ccc(S(=O)(=O)NCc2ccc(C)cc2)cc1C(C)C. The van der Waals surface area contributed by atoms with Gasteiger partial charge in [0.2, 0.25) is 10.0 Å². The van der Waals surface area contributed by atoms with E-state index in [1.807, 2.05) is 45.0 Å². The first-order valence-corrected chi connectivity index (χ1v) is 9.05. The number of ether oxygens (including phenoxy) is 1. The zero-order valence-corrected chi connectivity index (χ0v) is 14.8. The zero-order valence-electron chi connectivity index (χ0n) is 14.0. The Kier molecular flexibility index (Phi) is 5.44. The number of hydrogen-bond donors (Lipinski definition) is 1. The molecule has 0 aromatic heterocycles. The Labute approximate surface area is 138 Å². The van der Waals surface area contributed by atoms with Gasteiger partial charge in [-0.05, 0) is 42.2 Å². The molecule has 23 heavy (non-hydrogen) atoms. The third-order valence-electron chi connectivity index (χ3n) is 3.72. The van der Waals surface area contributed by atoms with Gasteiger partial charge in [0.25, 0.3) is 0 Å². The summed E-state index contributed by atoms with van der Waals surface area (Å²) in [6.07, 6.45) is 0. The van der Waals surface area contributed by atoms with Crippen LogP contribution in [-0.4, -0.2) is 15.5 Å². The van der Waals surface area contributed by atoms with E-state index in [9.17, 15) is 8.42 Å². The number of hydrogen-bond acceptors (Lipinski definition) is 3. The molecule has 124 valence electrons. The summed E-state index contributed by atoms with van der Waals surface area (Å²) in [5.74, 6) is 0.884. The number of aryl methyl sites for hydroxylation is 1. The van der Waals surface area contributed by atoms with E-state index in [0.29, 0.717) is 5.75 Å². The van der Waals surface area contributed by atoms with Crippen LogP contribution in [0.4, 0.5) is 0 Å². The van der Waals surface area contributed by atoms with E-state index < -0.39 is 10.0 Å². The van der Waals surface area contributed by atoms with Gasteiger partial charge in [0, 0.05) is 6.54 Å². The molecule has 2 rings (SSSR count). The van der Waals surface area contributed by atoms with Crippen LogP contribution in [0.15, 0.2) is 47.4 Å². The molecule has 0 unspecified atom stereocenters. The minimum atomic E-state index is -3.56. The third kappa shape index (κ3) is 4.33. The number of rotatable bonds is 6. The average Bonchev–Trinajstić information content (AvgIpc) is 2.53. The van der Waals surface area contributed by atoms with Crippen LogP contribution in [-0.2, 0) is 16.6 Å². The topological polar surface area (TPSA) is 55.4 Å². The molecule has 0 saturated carbocycles. The van der Waals surface area contributed by atoms with E-state index in [0.717, 1.165) is 16.7 Å². The van der Waals surface area contributed by atoms with Crippen molar-refractivity contribution in [3.05, 3.63) is 59.2 Å². The van der Waals surface area contributed by atoms with Crippen molar-refractivity contribution in [2.75, 3.05) is 7.11 Å². The van der Waals surface area contributed by atoms with Crippen molar-refractivity contribution in [1.82, 2.24) is 4.72 Å². The molecule has 0 radical (unpaired) electrons. The van der Waals surface area contributed by atoms with Gasteiger partial charge in [0.1, 0.15) is 5.75 Å². The molecule has 2 aromatic carbocycles. The summed E-state index contributed by atoms with van der Waals surface area (Å²) < 4.78 is 32.9. The zero-order chi connectivity index (χ0) is 17.0. The van der Waals surface area contributed by atoms with E-state index in [4.69, 9.17) is 4.74 Å². The first-order valence-electron chi connectivity index (χ1n) is 7.56. The second-order valence-electron chi connectivity index (χ2n) is 5.87. The molecule has 0 aliphatic rings. The molecule has 0 amide bonds. The van der Waals surface area contributed by atoms with Gasteiger partial charge in [-0.15, -0.1) is 0 Å². The van der Waals surface area contributed by atoms with E-state index in [1.54, 1.807) is 25.3 Å². The molecular formula is C18H23NO3S. The average molecular weight is 333 g/mol. The molecule has 4 nitrogen and oxygen atoms in total. The quantitative estimate of drug-likeness (QED) is 0.878. The summed E-state index contributed by atoms with van der Waals surface area (Å²) in [7, 11) is -1.97. The largest absolute Gasteiger partial charge is 0.496 e. The van der Waals surface area contributed by atoms with Crippen LogP contribution in [0.3, 0.4) is 0 Å². The number of sulfonamides is 1. The fourth-order valence-electron chi connectivity index (χ4n) is 2.30. The molecule has 0 bridgehead atoms. The summed E-state index contributed by atoms with van der Waals surface area (Å²) in [6.45, 7) is 6.28. The molecule has 0 fully saturated rings. The highest BCUT2D eigenvalue weighted by molar-refractivity contribution is 7.89. The standard InChI is InChI=1S/C18H23NO3S/c1-13(2)17-11-16(9-10-18(17)22-4)23(20,21)19-12-15-7-5-14(3)6-8-15/h5-11,13,19H,12H2,1-4H3. The van der Waals surface area contributed by atoms with Crippen LogP contribution < -0.4 is 9.46 Å². The van der Waals surface area contributed by atoms with Gasteiger partial charge in [-0.1, -0.05) is 43.7 Å². The Morgan fingerprint density at radius 1 is 1.09 bits per heavy atom. The van der Waals surface area contributed by atoms with Crippen molar-refractivity contribution in [1.29, 1.82) is 0 Å². The van der Waals surface area contributed by atoms with Gasteiger partial charge in [-0.2, -0.15) is 0 Å². The van der Waals surface area contributed by atoms with E-state index in [1.165, 1.54) is 0 Å². The van der Waals surface area contributed by atoms with Crippen molar-refractivity contribution in [3.8, 4) is 5.75 Å². The maximum Gasteiger partial charge on any atom is 0.240 e. The maximum absolute atomic E-state index is 12.5. The first-order chi connectivity index (χ1) is 10.8. The monoisotopic (exact) mass is 333 g/mol. The maximum atomic E-state index is 12.5. The molecule has 0 saturated heterocycles. The Hall–Kier alpha value is -1.85. The van der Waals surface area contributed by atoms with Gasteiger partial charge >= 0.3 is 0 Å². The number of methoxy groups -OCH3 is 1. The highest BCUT2D eigenvalue weighted by Gasteiger charge is 2.17. The third-order valence-corrected chi connectivity index (χ3v) is 5.12. The predicted octanol–water partition coefficient (Wildman–Crippen LogP) is 3.61. The lowest BCUT2D eigenvalue weighted by molar-refractivity contribution is 0.407. The van der Waals surface area contributed by atoms with Crippen molar-refractivity contribution in [2.45, 2.75) is 38.1 Å². The van der Waals surface area contributed by atoms with Crippen molar-refractivity contribution in [3.63, 3.8) is 0 Å². The Balaban J connectivity index is 2.22. The highest BCUT2D eigenvalue weighted by Crippen LogP contribution is 2.28. The van der Waals surface area contributed by atoms with Gasteiger partial charge in [-0.3, -0.25) is 0 Å². The van der Waals surface area contributed by atoms with Gasteiger partial charge < -0.3 is 4.74 Å². The molecule has 2 aromatic rings.